The van der Waals surface area contributed by atoms with Crippen LogP contribution in [-0.2, 0) is 6.54 Å². The number of hydrogen-bond donors (Lipinski definition) is 0. The summed E-state index contributed by atoms with van der Waals surface area (Å²) in [7, 11) is 0. The first-order valence-electron chi connectivity index (χ1n) is 10.7. The van der Waals surface area contributed by atoms with Gasteiger partial charge in [0.1, 0.15) is 11.6 Å². The Morgan fingerprint density at radius 1 is 0.710 bits per heavy atom. The van der Waals surface area contributed by atoms with Crippen LogP contribution >= 0.6 is 0 Å². The summed E-state index contributed by atoms with van der Waals surface area (Å²) in [5.74, 6) is 0.775. The number of halogens is 1. The summed E-state index contributed by atoms with van der Waals surface area (Å²) in [4.78, 5) is 9.75. The van der Waals surface area contributed by atoms with Crippen molar-refractivity contribution in [3.63, 3.8) is 0 Å². The number of para-hydroxylation sites is 1. The van der Waals surface area contributed by atoms with E-state index in [0.717, 1.165) is 61.2 Å². The summed E-state index contributed by atoms with van der Waals surface area (Å²) >= 11 is 0. The Kier molecular flexibility index (Phi) is 5.50. The molecule has 1 saturated heterocycles. The Bertz CT molecular complexity index is 1060. The predicted octanol–water partition coefficient (Wildman–Crippen LogP) is 5.00. The lowest BCUT2D eigenvalue weighted by Gasteiger charge is -2.35. The monoisotopic (exact) mass is 412 g/mol. The molecule has 5 rings (SSSR count). The summed E-state index contributed by atoms with van der Waals surface area (Å²) in [6.45, 7) is 4.58. The first-order chi connectivity index (χ1) is 15.3. The summed E-state index contributed by atoms with van der Waals surface area (Å²) in [6, 6.07) is 27.5. The van der Waals surface area contributed by atoms with Gasteiger partial charge in [0.25, 0.3) is 0 Å². The van der Waals surface area contributed by atoms with Gasteiger partial charge in [0, 0.05) is 55.9 Å². The normalized spacial score (nSPS) is 14.7. The number of aromatic nitrogens is 2. The third-order valence-corrected chi connectivity index (χ3v) is 5.77. The number of piperazine rings is 1. The molecule has 0 aliphatic carbocycles. The topological polar surface area (TPSA) is 24.3 Å². The molecule has 0 N–H and O–H groups in total. The average Bonchev–Trinajstić information content (AvgIpc) is 3.25. The highest BCUT2D eigenvalue weighted by atomic mass is 19.1. The molecule has 3 aromatic carbocycles. The lowest BCUT2D eigenvalue weighted by Crippen LogP contribution is -2.46. The summed E-state index contributed by atoms with van der Waals surface area (Å²) in [5, 5.41) is 0. The van der Waals surface area contributed by atoms with E-state index in [-0.39, 0.29) is 5.82 Å². The van der Waals surface area contributed by atoms with Crippen LogP contribution in [0.1, 0.15) is 5.69 Å². The maximum atomic E-state index is 13.2. The molecule has 0 saturated carbocycles. The van der Waals surface area contributed by atoms with E-state index >= 15 is 0 Å². The van der Waals surface area contributed by atoms with Crippen molar-refractivity contribution in [2.45, 2.75) is 6.54 Å². The number of rotatable bonds is 5. The van der Waals surface area contributed by atoms with Crippen LogP contribution in [-0.4, -0.2) is 40.6 Å². The van der Waals surface area contributed by atoms with Gasteiger partial charge in [-0.2, -0.15) is 0 Å². The van der Waals surface area contributed by atoms with Gasteiger partial charge in [0.05, 0.1) is 5.69 Å². The van der Waals surface area contributed by atoms with E-state index in [9.17, 15) is 4.39 Å². The van der Waals surface area contributed by atoms with Crippen molar-refractivity contribution in [1.29, 1.82) is 0 Å². The Morgan fingerprint density at radius 2 is 1.35 bits per heavy atom. The van der Waals surface area contributed by atoms with Gasteiger partial charge >= 0.3 is 0 Å². The third kappa shape index (κ3) is 4.37. The molecule has 0 bridgehead atoms. The smallest absolute Gasteiger partial charge is 0.144 e. The van der Waals surface area contributed by atoms with Crippen LogP contribution < -0.4 is 4.90 Å². The fraction of sp³-hybridized carbons (Fsp3) is 0.192. The van der Waals surface area contributed by atoms with Crippen LogP contribution in [0, 0.1) is 5.82 Å². The Hall–Kier alpha value is -3.44. The van der Waals surface area contributed by atoms with Crippen LogP contribution in [0.3, 0.4) is 0 Å². The number of anilines is 1. The number of nitrogens with zero attached hydrogens (tertiary/aromatic N) is 4. The number of imidazole rings is 1. The quantitative estimate of drug-likeness (QED) is 0.461. The molecule has 1 fully saturated rings. The molecule has 156 valence electrons. The predicted molar refractivity (Wildman–Crippen MR) is 123 cm³/mol. The minimum absolute atomic E-state index is 0.189. The fourth-order valence-electron chi connectivity index (χ4n) is 4.13. The number of benzene rings is 3. The van der Waals surface area contributed by atoms with Gasteiger partial charge < -0.3 is 4.90 Å². The highest BCUT2D eigenvalue weighted by Gasteiger charge is 2.19. The minimum Gasteiger partial charge on any atom is -0.369 e. The highest BCUT2D eigenvalue weighted by molar-refractivity contribution is 5.59. The second kappa shape index (κ2) is 8.74. The Morgan fingerprint density at radius 3 is 2.03 bits per heavy atom. The zero-order chi connectivity index (χ0) is 21.0. The van der Waals surface area contributed by atoms with Crippen LogP contribution in [0.25, 0.3) is 17.1 Å². The van der Waals surface area contributed by atoms with Crippen LogP contribution in [0.4, 0.5) is 10.1 Å². The van der Waals surface area contributed by atoms with E-state index in [1.807, 2.05) is 36.4 Å². The average molecular weight is 413 g/mol. The Balaban J connectivity index is 1.33. The van der Waals surface area contributed by atoms with Crippen molar-refractivity contribution < 1.29 is 4.39 Å². The maximum Gasteiger partial charge on any atom is 0.144 e. The van der Waals surface area contributed by atoms with Gasteiger partial charge in [-0.15, -0.1) is 0 Å². The van der Waals surface area contributed by atoms with E-state index in [2.05, 4.69) is 57.0 Å². The molecular formula is C26H25FN4. The largest absolute Gasteiger partial charge is 0.369 e. The number of hydrogen-bond acceptors (Lipinski definition) is 3. The van der Waals surface area contributed by atoms with E-state index in [0.29, 0.717) is 0 Å². The molecule has 4 aromatic rings. The molecule has 0 atom stereocenters. The van der Waals surface area contributed by atoms with Gasteiger partial charge in [0.2, 0.25) is 0 Å². The first-order valence-corrected chi connectivity index (χ1v) is 10.7. The zero-order valence-electron chi connectivity index (χ0n) is 17.4. The molecule has 0 spiro atoms. The maximum absolute atomic E-state index is 13.2. The fourth-order valence-corrected chi connectivity index (χ4v) is 4.13. The minimum atomic E-state index is -0.189. The van der Waals surface area contributed by atoms with E-state index in [1.54, 1.807) is 0 Å². The molecule has 31 heavy (non-hydrogen) atoms. The van der Waals surface area contributed by atoms with Crippen LogP contribution in [0.5, 0.6) is 0 Å². The van der Waals surface area contributed by atoms with Crippen LogP contribution in [0.2, 0.25) is 0 Å². The van der Waals surface area contributed by atoms with Gasteiger partial charge in [-0.25, -0.2) is 9.37 Å². The highest BCUT2D eigenvalue weighted by Crippen LogP contribution is 2.24. The van der Waals surface area contributed by atoms with Crippen molar-refractivity contribution in [3.8, 4) is 17.1 Å². The molecule has 1 aromatic heterocycles. The molecule has 0 amide bonds. The van der Waals surface area contributed by atoms with Gasteiger partial charge in [-0.3, -0.25) is 9.47 Å². The lowest BCUT2D eigenvalue weighted by atomic mass is 10.2. The van der Waals surface area contributed by atoms with Gasteiger partial charge in [0.15, 0.2) is 0 Å². The zero-order valence-corrected chi connectivity index (χ0v) is 17.4. The van der Waals surface area contributed by atoms with Gasteiger partial charge in [-0.05, 0) is 36.4 Å². The first kappa shape index (κ1) is 19.5. The standard InChI is InChI=1S/C26H25FN4/c27-22-11-13-24(14-12-22)30-17-15-29(16-18-30)19-23-20-31(25-9-5-2-6-10-25)26(28-23)21-7-3-1-4-8-21/h1-14,20H,15-19H2. The van der Waals surface area contributed by atoms with Crippen molar-refractivity contribution >= 4 is 5.69 Å². The molecule has 4 nitrogen and oxygen atoms in total. The van der Waals surface area contributed by atoms with E-state index in [1.165, 1.54) is 12.1 Å². The van der Waals surface area contributed by atoms with E-state index < -0.39 is 0 Å². The summed E-state index contributed by atoms with van der Waals surface area (Å²) in [5.41, 5.74) is 4.37. The SMILES string of the molecule is Fc1ccc(N2CCN(Cc3cn(-c4ccccc4)c(-c4ccccc4)n3)CC2)cc1. The van der Waals surface area contributed by atoms with Crippen molar-refractivity contribution in [2.24, 2.45) is 0 Å². The molecule has 1 aliphatic rings. The van der Waals surface area contributed by atoms with Crippen LogP contribution in [0.15, 0.2) is 91.1 Å². The van der Waals surface area contributed by atoms with E-state index in [4.69, 9.17) is 4.98 Å². The molecule has 0 unspecified atom stereocenters. The summed E-state index contributed by atoms with van der Waals surface area (Å²) < 4.78 is 15.4. The van der Waals surface area contributed by atoms with Crippen molar-refractivity contribution in [1.82, 2.24) is 14.5 Å². The Labute approximate surface area is 182 Å². The molecule has 0 radical (unpaired) electrons. The molecule has 2 heterocycles. The molecular weight excluding hydrogens is 387 g/mol. The second-order valence-electron chi connectivity index (χ2n) is 7.87. The second-order valence-corrected chi connectivity index (χ2v) is 7.87. The van der Waals surface area contributed by atoms with Crippen molar-refractivity contribution in [2.75, 3.05) is 31.1 Å². The van der Waals surface area contributed by atoms with Gasteiger partial charge in [-0.1, -0.05) is 48.5 Å². The summed E-state index contributed by atoms with van der Waals surface area (Å²) in [6.07, 6.45) is 2.16. The lowest BCUT2D eigenvalue weighted by molar-refractivity contribution is 0.247. The van der Waals surface area contributed by atoms with Crippen molar-refractivity contribution in [3.05, 3.63) is 103 Å². The molecule has 1 aliphatic heterocycles. The third-order valence-electron chi connectivity index (χ3n) is 5.77. The molecule has 5 heteroatoms.